The van der Waals surface area contributed by atoms with Crippen LogP contribution >= 0.6 is 11.6 Å². The summed E-state index contributed by atoms with van der Waals surface area (Å²) in [5.41, 5.74) is 1.27. The Morgan fingerprint density at radius 3 is 2.50 bits per heavy atom. The highest BCUT2D eigenvalue weighted by Crippen LogP contribution is 2.17. The third kappa shape index (κ3) is 2.27. The van der Waals surface area contributed by atoms with Crippen molar-refractivity contribution in [2.75, 3.05) is 13.2 Å². The lowest BCUT2D eigenvalue weighted by atomic mass is 10.1. The van der Waals surface area contributed by atoms with Crippen molar-refractivity contribution >= 4 is 11.6 Å². The van der Waals surface area contributed by atoms with E-state index in [2.05, 4.69) is 24.4 Å². The first kappa shape index (κ1) is 9.97. The van der Waals surface area contributed by atoms with Gasteiger partial charge in [0.05, 0.1) is 19.3 Å². The Hall–Kier alpha value is -0.570. The van der Waals surface area contributed by atoms with E-state index in [0.717, 1.165) is 18.2 Å². The van der Waals surface area contributed by atoms with Gasteiger partial charge in [0.2, 0.25) is 0 Å². The van der Waals surface area contributed by atoms with E-state index in [-0.39, 0.29) is 0 Å². The fraction of sp³-hybridized carbons (Fsp3) is 0.455. The number of benzene rings is 1. The van der Waals surface area contributed by atoms with E-state index < -0.39 is 0 Å². The largest absolute Gasteiger partial charge is 0.378 e. The van der Waals surface area contributed by atoms with E-state index in [0.29, 0.717) is 12.1 Å². The number of nitrogens with one attached hydrogen (secondary N) is 1. The summed E-state index contributed by atoms with van der Waals surface area (Å²) in [6.45, 7) is 3.82. The van der Waals surface area contributed by atoms with Crippen molar-refractivity contribution in [2.24, 2.45) is 0 Å². The highest BCUT2D eigenvalue weighted by Gasteiger charge is 2.20. The Balaban J connectivity index is 1.95. The molecule has 1 aromatic carbocycles. The van der Waals surface area contributed by atoms with Crippen molar-refractivity contribution in [3.05, 3.63) is 34.9 Å². The molecular weight excluding hydrogens is 198 g/mol. The van der Waals surface area contributed by atoms with Gasteiger partial charge in [0.15, 0.2) is 0 Å². The maximum Gasteiger partial charge on any atom is 0.0643 e. The van der Waals surface area contributed by atoms with Crippen molar-refractivity contribution in [1.29, 1.82) is 0 Å². The van der Waals surface area contributed by atoms with Crippen LogP contribution in [0.25, 0.3) is 0 Å². The van der Waals surface area contributed by atoms with Crippen molar-refractivity contribution in [1.82, 2.24) is 5.32 Å². The molecule has 0 unspecified atom stereocenters. The highest BCUT2D eigenvalue weighted by atomic mass is 35.5. The first-order chi connectivity index (χ1) is 6.75. The summed E-state index contributed by atoms with van der Waals surface area (Å²) in [5, 5.41) is 4.27. The van der Waals surface area contributed by atoms with Gasteiger partial charge < -0.3 is 10.1 Å². The van der Waals surface area contributed by atoms with E-state index in [1.807, 2.05) is 12.1 Å². The van der Waals surface area contributed by atoms with Gasteiger partial charge in [0.1, 0.15) is 0 Å². The van der Waals surface area contributed by atoms with Crippen LogP contribution in [0.15, 0.2) is 24.3 Å². The average Bonchev–Trinajstić information content (AvgIpc) is 2.12. The SMILES string of the molecule is C[C@H](NC1COC1)c1ccc(Cl)cc1. The minimum Gasteiger partial charge on any atom is -0.378 e. The number of ether oxygens (including phenoxy) is 1. The Morgan fingerprint density at radius 1 is 1.36 bits per heavy atom. The molecule has 1 aliphatic rings. The van der Waals surface area contributed by atoms with Gasteiger partial charge >= 0.3 is 0 Å². The van der Waals surface area contributed by atoms with Gasteiger partial charge in [-0.3, -0.25) is 0 Å². The predicted molar refractivity (Wildman–Crippen MR) is 57.6 cm³/mol. The first-order valence-electron chi connectivity index (χ1n) is 4.85. The molecule has 0 aliphatic carbocycles. The fourth-order valence-corrected chi connectivity index (χ4v) is 1.66. The molecule has 1 aliphatic heterocycles. The van der Waals surface area contributed by atoms with Gasteiger partial charge in [-0.05, 0) is 24.6 Å². The second kappa shape index (κ2) is 4.30. The third-order valence-electron chi connectivity index (χ3n) is 2.49. The standard InChI is InChI=1S/C11H14ClNO/c1-8(13-11-6-14-7-11)9-2-4-10(12)5-3-9/h2-5,8,11,13H,6-7H2,1H3/t8-/m0/s1. The topological polar surface area (TPSA) is 21.3 Å². The summed E-state index contributed by atoms with van der Waals surface area (Å²) in [6, 6.07) is 8.83. The Morgan fingerprint density at radius 2 is 2.00 bits per heavy atom. The van der Waals surface area contributed by atoms with Crippen LogP contribution in [0.5, 0.6) is 0 Å². The Labute approximate surface area is 89.2 Å². The smallest absolute Gasteiger partial charge is 0.0643 e. The molecule has 1 saturated heterocycles. The number of hydrogen-bond donors (Lipinski definition) is 1. The van der Waals surface area contributed by atoms with E-state index in [9.17, 15) is 0 Å². The second-order valence-corrected chi connectivity index (χ2v) is 4.11. The third-order valence-corrected chi connectivity index (χ3v) is 2.75. The zero-order chi connectivity index (χ0) is 9.97. The number of halogens is 1. The molecule has 0 bridgehead atoms. The lowest BCUT2D eigenvalue weighted by Crippen LogP contribution is -2.46. The zero-order valence-corrected chi connectivity index (χ0v) is 8.92. The van der Waals surface area contributed by atoms with Crippen LogP contribution in [0.3, 0.4) is 0 Å². The van der Waals surface area contributed by atoms with Crippen LogP contribution in [-0.2, 0) is 4.74 Å². The van der Waals surface area contributed by atoms with Crippen molar-refractivity contribution < 1.29 is 4.74 Å². The quantitative estimate of drug-likeness (QED) is 0.829. The zero-order valence-electron chi connectivity index (χ0n) is 8.16. The van der Waals surface area contributed by atoms with Gasteiger partial charge in [0, 0.05) is 11.1 Å². The van der Waals surface area contributed by atoms with Crippen molar-refractivity contribution in [2.45, 2.75) is 19.0 Å². The summed E-state index contributed by atoms with van der Waals surface area (Å²) in [7, 11) is 0. The van der Waals surface area contributed by atoms with Crippen LogP contribution in [0.2, 0.25) is 5.02 Å². The molecule has 0 saturated carbocycles. The molecule has 1 fully saturated rings. The Bertz CT molecular complexity index is 295. The first-order valence-corrected chi connectivity index (χ1v) is 5.23. The van der Waals surface area contributed by atoms with E-state index in [1.54, 1.807) is 0 Å². The molecule has 2 nitrogen and oxygen atoms in total. The molecule has 0 radical (unpaired) electrons. The van der Waals surface area contributed by atoms with Crippen LogP contribution < -0.4 is 5.32 Å². The molecular formula is C11H14ClNO. The molecule has 1 heterocycles. The lowest BCUT2D eigenvalue weighted by molar-refractivity contribution is -0.00925. The summed E-state index contributed by atoms with van der Waals surface area (Å²) in [6.07, 6.45) is 0. The molecule has 76 valence electrons. The van der Waals surface area contributed by atoms with Gasteiger partial charge in [-0.15, -0.1) is 0 Å². The predicted octanol–water partition coefficient (Wildman–Crippen LogP) is 2.39. The van der Waals surface area contributed by atoms with Crippen LogP contribution in [0, 0.1) is 0 Å². The molecule has 0 aromatic heterocycles. The number of rotatable bonds is 3. The Kier molecular flexibility index (Phi) is 3.06. The number of hydrogen-bond acceptors (Lipinski definition) is 2. The molecule has 14 heavy (non-hydrogen) atoms. The molecule has 0 spiro atoms. The van der Waals surface area contributed by atoms with Gasteiger partial charge in [0.25, 0.3) is 0 Å². The van der Waals surface area contributed by atoms with Gasteiger partial charge in [-0.25, -0.2) is 0 Å². The fourth-order valence-electron chi connectivity index (χ4n) is 1.53. The van der Waals surface area contributed by atoms with Gasteiger partial charge in [-0.2, -0.15) is 0 Å². The maximum absolute atomic E-state index is 5.82. The molecule has 0 amide bonds. The summed E-state index contributed by atoms with van der Waals surface area (Å²) >= 11 is 5.82. The lowest BCUT2D eigenvalue weighted by Gasteiger charge is -2.30. The van der Waals surface area contributed by atoms with Crippen molar-refractivity contribution in [3.63, 3.8) is 0 Å². The average molecular weight is 212 g/mol. The van der Waals surface area contributed by atoms with Crippen LogP contribution in [0.4, 0.5) is 0 Å². The molecule has 2 rings (SSSR count). The van der Waals surface area contributed by atoms with Gasteiger partial charge in [-0.1, -0.05) is 23.7 Å². The summed E-state index contributed by atoms with van der Waals surface area (Å²) < 4.78 is 5.11. The van der Waals surface area contributed by atoms with E-state index in [1.165, 1.54) is 5.56 Å². The molecule has 1 N–H and O–H groups in total. The highest BCUT2D eigenvalue weighted by molar-refractivity contribution is 6.30. The van der Waals surface area contributed by atoms with E-state index >= 15 is 0 Å². The minimum absolute atomic E-state index is 0.362. The summed E-state index contributed by atoms with van der Waals surface area (Å²) in [4.78, 5) is 0. The van der Waals surface area contributed by atoms with Crippen molar-refractivity contribution in [3.8, 4) is 0 Å². The molecule has 3 heteroatoms. The summed E-state index contributed by atoms with van der Waals surface area (Å²) in [5.74, 6) is 0. The van der Waals surface area contributed by atoms with E-state index in [4.69, 9.17) is 16.3 Å². The molecule has 1 atom stereocenters. The second-order valence-electron chi connectivity index (χ2n) is 3.67. The molecule has 1 aromatic rings. The minimum atomic E-state index is 0.362. The van der Waals surface area contributed by atoms with Crippen LogP contribution in [0.1, 0.15) is 18.5 Å². The maximum atomic E-state index is 5.82. The normalized spacial score (nSPS) is 19.0. The monoisotopic (exact) mass is 211 g/mol. The van der Waals surface area contributed by atoms with Crippen LogP contribution in [-0.4, -0.2) is 19.3 Å².